The Morgan fingerprint density at radius 3 is 2.23 bits per heavy atom. The largest absolute Gasteiger partial charge is 0.506 e. The van der Waals surface area contributed by atoms with E-state index in [1.165, 1.54) is 5.69 Å². The second kappa shape index (κ2) is 10.9. The van der Waals surface area contributed by atoms with Crippen molar-refractivity contribution < 1.29 is 15.0 Å². The van der Waals surface area contributed by atoms with Crippen LogP contribution in [0.5, 0.6) is 5.75 Å². The number of hydrogen-bond acceptors (Lipinski definition) is 6. The Balaban J connectivity index is 1.11. The predicted molar refractivity (Wildman–Crippen MR) is 139 cm³/mol. The van der Waals surface area contributed by atoms with E-state index in [1.807, 2.05) is 35.2 Å². The average Bonchev–Trinajstić information content (AvgIpc) is 2.93. The molecule has 0 spiro atoms. The summed E-state index contributed by atoms with van der Waals surface area (Å²) in [6.45, 7) is 7.62. The molecule has 3 heterocycles. The van der Waals surface area contributed by atoms with E-state index in [0.717, 1.165) is 82.7 Å². The summed E-state index contributed by atoms with van der Waals surface area (Å²) < 4.78 is 0. The number of para-hydroxylation sites is 2. The number of amides is 1. The van der Waals surface area contributed by atoms with E-state index < -0.39 is 0 Å². The lowest BCUT2D eigenvalue weighted by Crippen LogP contribution is -2.53. The van der Waals surface area contributed by atoms with Crippen LogP contribution in [-0.2, 0) is 0 Å². The van der Waals surface area contributed by atoms with Crippen LogP contribution in [0.4, 0.5) is 11.4 Å². The minimum atomic E-state index is 0.0800. The maximum absolute atomic E-state index is 12.9. The highest BCUT2D eigenvalue weighted by Gasteiger charge is 2.29. The predicted octanol–water partition coefficient (Wildman–Crippen LogP) is 3.03. The molecule has 3 aliphatic rings. The minimum absolute atomic E-state index is 0.0800. The van der Waals surface area contributed by atoms with Gasteiger partial charge in [-0.1, -0.05) is 12.1 Å². The van der Waals surface area contributed by atoms with Gasteiger partial charge in [0.2, 0.25) is 0 Å². The van der Waals surface area contributed by atoms with Crippen LogP contribution in [0.25, 0.3) is 0 Å². The Hall–Kier alpha value is -2.77. The van der Waals surface area contributed by atoms with E-state index in [4.69, 9.17) is 0 Å². The topological polar surface area (TPSA) is 70.5 Å². The zero-order valence-corrected chi connectivity index (χ0v) is 20.6. The van der Waals surface area contributed by atoms with Crippen LogP contribution in [0.15, 0.2) is 48.5 Å². The number of nitrogens with zero attached hydrogens (tertiary/aromatic N) is 4. The normalized spacial score (nSPS) is 22.4. The summed E-state index contributed by atoms with van der Waals surface area (Å²) in [6.07, 6.45) is 4.26. The number of piperidine rings is 2. The van der Waals surface area contributed by atoms with Crippen molar-refractivity contribution in [3.05, 3.63) is 54.1 Å². The van der Waals surface area contributed by atoms with Crippen molar-refractivity contribution in [3.8, 4) is 5.75 Å². The zero-order valence-electron chi connectivity index (χ0n) is 20.6. The summed E-state index contributed by atoms with van der Waals surface area (Å²) >= 11 is 0. The fraction of sp³-hybridized carbons (Fsp3) is 0.536. The Labute approximate surface area is 208 Å². The number of anilines is 2. The summed E-state index contributed by atoms with van der Waals surface area (Å²) in [5.74, 6) is 0.658. The number of piperazine rings is 1. The van der Waals surface area contributed by atoms with Gasteiger partial charge in [0.15, 0.2) is 0 Å². The van der Waals surface area contributed by atoms with Crippen molar-refractivity contribution in [3.63, 3.8) is 0 Å². The molecule has 3 saturated heterocycles. The summed E-state index contributed by atoms with van der Waals surface area (Å²) in [7, 11) is 0. The molecule has 0 saturated carbocycles. The number of carbonyl (C=O) groups is 1. The molecule has 188 valence electrons. The molecule has 0 bridgehead atoms. The monoisotopic (exact) mass is 478 g/mol. The van der Waals surface area contributed by atoms with Crippen molar-refractivity contribution in [2.45, 2.75) is 31.7 Å². The maximum atomic E-state index is 12.9. The second-order valence-electron chi connectivity index (χ2n) is 10.2. The van der Waals surface area contributed by atoms with Gasteiger partial charge in [-0.25, -0.2) is 0 Å². The molecule has 1 amide bonds. The number of likely N-dealkylation sites (tertiary alicyclic amines) is 1. The van der Waals surface area contributed by atoms with Crippen molar-refractivity contribution in [1.82, 2.24) is 9.80 Å². The van der Waals surface area contributed by atoms with E-state index >= 15 is 0 Å². The van der Waals surface area contributed by atoms with Crippen LogP contribution in [0.2, 0.25) is 0 Å². The van der Waals surface area contributed by atoms with Crippen LogP contribution >= 0.6 is 0 Å². The molecule has 1 atom stereocenters. The first-order chi connectivity index (χ1) is 17.1. The van der Waals surface area contributed by atoms with Gasteiger partial charge in [-0.3, -0.25) is 9.69 Å². The SMILES string of the molecule is O=C(c1ccc(N2CCC(N3CCN(c4ccccc4O)CC3)CC2)cc1)N1CCCC(CO)C1. The van der Waals surface area contributed by atoms with E-state index in [0.29, 0.717) is 18.3 Å². The molecular formula is C28H38N4O3. The first-order valence-electron chi connectivity index (χ1n) is 13.1. The van der Waals surface area contributed by atoms with Gasteiger partial charge in [0, 0.05) is 76.3 Å². The molecule has 0 aromatic heterocycles. The molecule has 3 aliphatic heterocycles. The highest BCUT2D eigenvalue weighted by Crippen LogP contribution is 2.29. The molecule has 7 nitrogen and oxygen atoms in total. The third-order valence-electron chi connectivity index (χ3n) is 8.06. The molecule has 2 aromatic carbocycles. The molecule has 7 heteroatoms. The first kappa shape index (κ1) is 23.9. The zero-order chi connectivity index (χ0) is 24.2. The maximum Gasteiger partial charge on any atom is 0.253 e. The van der Waals surface area contributed by atoms with Crippen LogP contribution in [-0.4, -0.2) is 90.9 Å². The van der Waals surface area contributed by atoms with Gasteiger partial charge in [0.1, 0.15) is 5.75 Å². The number of aliphatic hydroxyl groups excluding tert-OH is 1. The molecule has 2 aromatic rings. The Morgan fingerprint density at radius 2 is 1.54 bits per heavy atom. The third kappa shape index (κ3) is 5.41. The molecule has 5 rings (SSSR count). The van der Waals surface area contributed by atoms with Crippen molar-refractivity contribution in [1.29, 1.82) is 0 Å². The molecule has 1 unspecified atom stereocenters. The summed E-state index contributed by atoms with van der Waals surface area (Å²) in [5.41, 5.74) is 2.87. The number of phenols is 1. The second-order valence-corrected chi connectivity index (χ2v) is 10.2. The van der Waals surface area contributed by atoms with Crippen LogP contribution in [0.3, 0.4) is 0 Å². The van der Waals surface area contributed by atoms with Crippen molar-refractivity contribution in [2.75, 3.05) is 68.8 Å². The van der Waals surface area contributed by atoms with Gasteiger partial charge < -0.3 is 24.9 Å². The molecule has 3 fully saturated rings. The number of benzene rings is 2. The molecule has 0 aliphatic carbocycles. The fourth-order valence-corrected chi connectivity index (χ4v) is 5.94. The quantitative estimate of drug-likeness (QED) is 0.689. The van der Waals surface area contributed by atoms with Crippen LogP contribution < -0.4 is 9.80 Å². The molecule has 0 radical (unpaired) electrons. The van der Waals surface area contributed by atoms with E-state index in [-0.39, 0.29) is 18.4 Å². The lowest BCUT2D eigenvalue weighted by Gasteiger charge is -2.44. The smallest absolute Gasteiger partial charge is 0.253 e. The van der Waals surface area contributed by atoms with Crippen molar-refractivity contribution >= 4 is 17.3 Å². The number of carbonyl (C=O) groups excluding carboxylic acids is 1. The van der Waals surface area contributed by atoms with Crippen LogP contribution in [0, 0.1) is 5.92 Å². The summed E-state index contributed by atoms with van der Waals surface area (Å²) in [5, 5.41) is 19.6. The minimum Gasteiger partial charge on any atom is -0.506 e. The van der Waals surface area contributed by atoms with Gasteiger partial charge in [0.05, 0.1) is 5.69 Å². The summed E-state index contributed by atoms with van der Waals surface area (Å²) in [4.78, 5) is 22.1. The molecule has 2 N–H and O–H groups in total. The Kier molecular flexibility index (Phi) is 7.44. The molecular weight excluding hydrogens is 440 g/mol. The van der Waals surface area contributed by atoms with E-state index in [2.05, 4.69) is 26.8 Å². The Bertz CT molecular complexity index is 982. The van der Waals surface area contributed by atoms with E-state index in [1.54, 1.807) is 6.07 Å². The number of aromatic hydroxyl groups is 1. The Morgan fingerprint density at radius 1 is 0.829 bits per heavy atom. The highest BCUT2D eigenvalue weighted by molar-refractivity contribution is 5.94. The number of aliphatic hydroxyl groups is 1. The standard InChI is InChI=1S/C28H38N4O3/c33-21-22-4-3-13-32(20-22)28(35)23-7-9-24(10-8-23)29-14-11-25(12-15-29)30-16-18-31(19-17-30)26-5-1-2-6-27(26)34/h1-2,5-10,22,25,33-34H,3-4,11-21H2. The van der Waals surface area contributed by atoms with Crippen LogP contribution in [0.1, 0.15) is 36.0 Å². The number of rotatable bonds is 5. The number of hydrogen-bond donors (Lipinski definition) is 2. The number of phenolic OH excluding ortho intramolecular Hbond substituents is 1. The lowest BCUT2D eigenvalue weighted by atomic mass is 9.98. The highest BCUT2D eigenvalue weighted by atomic mass is 16.3. The average molecular weight is 479 g/mol. The fourth-order valence-electron chi connectivity index (χ4n) is 5.94. The first-order valence-corrected chi connectivity index (χ1v) is 13.1. The van der Waals surface area contributed by atoms with Gasteiger partial charge >= 0.3 is 0 Å². The van der Waals surface area contributed by atoms with Gasteiger partial charge in [-0.15, -0.1) is 0 Å². The summed E-state index contributed by atoms with van der Waals surface area (Å²) in [6, 6.07) is 16.3. The molecule has 35 heavy (non-hydrogen) atoms. The van der Waals surface area contributed by atoms with E-state index in [9.17, 15) is 15.0 Å². The van der Waals surface area contributed by atoms with Gasteiger partial charge in [-0.2, -0.15) is 0 Å². The van der Waals surface area contributed by atoms with Crippen molar-refractivity contribution in [2.24, 2.45) is 5.92 Å². The van der Waals surface area contributed by atoms with Gasteiger partial charge in [-0.05, 0) is 68.0 Å². The third-order valence-corrected chi connectivity index (χ3v) is 8.06. The lowest BCUT2D eigenvalue weighted by molar-refractivity contribution is 0.0620. The van der Waals surface area contributed by atoms with Gasteiger partial charge in [0.25, 0.3) is 5.91 Å².